The van der Waals surface area contributed by atoms with Crippen molar-refractivity contribution in [2.45, 2.75) is 44.6 Å². The molecule has 90 valence electrons. The van der Waals surface area contributed by atoms with Crippen LogP contribution in [-0.4, -0.2) is 5.11 Å². The predicted molar refractivity (Wildman–Crippen MR) is 67.9 cm³/mol. The summed E-state index contributed by atoms with van der Waals surface area (Å²) in [5.41, 5.74) is 1.37. The zero-order valence-electron chi connectivity index (χ0n) is 10.2. The minimum Gasteiger partial charge on any atom is -0.458 e. The van der Waals surface area contributed by atoms with Crippen LogP contribution >= 0.6 is 0 Å². The van der Waals surface area contributed by atoms with Crippen LogP contribution in [0, 0.1) is 6.92 Å². The molecule has 1 fully saturated rings. The molecule has 0 saturated heterocycles. The van der Waals surface area contributed by atoms with Gasteiger partial charge in [-0.25, -0.2) is 0 Å². The first-order valence-electron chi connectivity index (χ1n) is 6.40. The van der Waals surface area contributed by atoms with E-state index in [4.69, 9.17) is 4.42 Å². The first-order chi connectivity index (χ1) is 8.17. The number of aliphatic hydroxyl groups is 1. The average molecular weight is 230 g/mol. The number of benzene rings is 1. The van der Waals surface area contributed by atoms with E-state index in [1.807, 2.05) is 18.2 Å². The maximum absolute atomic E-state index is 10.6. The van der Waals surface area contributed by atoms with Crippen molar-refractivity contribution < 1.29 is 9.52 Å². The molecule has 17 heavy (non-hydrogen) atoms. The summed E-state index contributed by atoms with van der Waals surface area (Å²) in [5, 5.41) is 11.7. The Morgan fingerprint density at radius 1 is 1.12 bits per heavy atom. The molecule has 0 bridgehead atoms. The predicted octanol–water partition coefficient (Wildman–Crippen LogP) is 3.89. The molecule has 1 aliphatic rings. The maximum Gasteiger partial charge on any atom is 0.136 e. The fraction of sp³-hybridized carbons (Fsp3) is 0.467. The van der Waals surface area contributed by atoms with Crippen molar-refractivity contribution in [2.75, 3.05) is 0 Å². The van der Waals surface area contributed by atoms with Crippen LogP contribution in [0.1, 0.15) is 43.4 Å². The normalized spacial score (nSPS) is 19.6. The molecular formula is C15H18O2. The van der Waals surface area contributed by atoms with Crippen LogP contribution in [0.2, 0.25) is 0 Å². The van der Waals surface area contributed by atoms with Crippen molar-refractivity contribution in [1.29, 1.82) is 0 Å². The molecule has 1 aromatic heterocycles. The topological polar surface area (TPSA) is 33.4 Å². The first-order valence-corrected chi connectivity index (χ1v) is 6.40. The van der Waals surface area contributed by atoms with Crippen LogP contribution in [0.4, 0.5) is 0 Å². The standard InChI is InChI=1S/C15H18O2/c1-11-5-6-13-12(9-11)10-14(17-13)15(16)7-3-2-4-8-15/h5-6,9-10,16H,2-4,7-8H2,1H3. The fourth-order valence-electron chi connectivity index (χ4n) is 2.78. The summed E-state index contributed by atoms with van der Waals surface area (Å²) in [5.74, 6) is 0.748. The molecule has 0 atom stereocenters. The van der Waals surface area contributed by atoms with Crippen molar-refractivity contribution in [3.8, 4) is 0 Å². The number of furan rings is 1. The Bertz CT molecular complexity index is 533. The minimum atomic E-state index is -0.731. The van der Waals surface area contributed by atoms with Gasteiger partial charge in [-0.15, -0.1) is 0 Å². The van der Waals surface area contributed by atoms with Gasteiger partial charge in [0.25, 0.3) is 0 Å². The third kappa shape index (κ3) is 1.87. The van der Waals surface area contributed by atoms with E-state index in [0.29, 0.717) is 0 Å². The Morgan fingerprint density at radius 2 is 1.88 bits per heavy atom. The van der Waals surface area contributed by atoms with E-state index >= 15 is 0 Å². The average Bonchev–Trinajstić information content (AvgIpc) is 2.73. The molecule has 0 unspecified atom stereocenters. The summed E-state index contributed by atoms with van der Waals surface area (Å²) < 4.78 is 5.82. The van der Waals surface area contributed by atoms with Gasteiger partial charge in [-0.05, 0) is 38.0 Å². The Labute approximate surface area is 101 Å². The second kappa shape index (κ2) is 3.88. The minimum absolute atomic E-state index is 0.731. The van der Waals surface area contributed by atoms with Crippen LogP contribution in [0.25, 0.3) is 11.0 Å². The molecule has 3 rings (SSSR count). The lowest BCUT2D eigenvalue weighted by Crippen LogP contribution is -2.27. The van der Waals surface area contributed by atoms with E-state index in [0.717, 1.165) is 42.4 Å². The summed E-state index contributed by atoms with van der Waals surface area (Å²) in [6.07, 6.45) is 5.05. The van der Waals surface area contributed by atoms with Gasteiger partial charge in [0.05, 0.1) is 0 Å². The summed E-state index contributed by atoms with van der Waals surface area (Å²) in [6, 6.07) is 8.14. The second-order valence-corrected chi connectivity index (χ2v) is 5.24. The Hall–Kier alpha value is -1.28. The van der Waals surface area contributed by atoms with E-state index in [9.17, 15) is 5.11 Å². The summed E-state index contributed by atoms with van der Waals surface area (Å²) in [6.45, 7) is 2.07. The summed E-state index contributed by atoms with van der Waals surface area (Å²) in [7, 11) is 0. The molecule has 0 aliphatic heterocycles. The molecule has 0 radical (unpaired) electrons. The van der Waals surface area contributed by atoms with Gasteiger partial charge >= 0.3 is 0 Å². The summed E-state index contributed by atoms with van der Waals surface area (Å²) >= 11 is 0. The molecule has 0 amide bonds. The molecular weight excluding hydrogens is 212 g/mol. The Morgan fingerprint density at radius 3 is 2.65 bits per heavy atom. The first kappa shape index (κ1) is 10.8. The van der Waals surface area contributed by atoms with E-state index in [1.165, 1.54) is 12.0 Å². The van der Waals surface area contributed by atoms with Crippen molar-refractivity contribution >= 4 is 11.0 Å². The fourth-order valence-corrected chi connectivity index (χ4v) is 2.78. The van der Waals surface area contributed by atoms with E-state index < -0.39 is 5.60 Å². The third-order valence-corrected chi connectivity index (χ3v) is 3.81. The highest BCUT2D eigenvalue weighted by atomic mass is 16.4. The molecule has 1 N–H and O–H groups in total. The Balaban J connectivity index is 2.05. The van der Waals surface area contributed by atoms with E-state index in [-0.39, 0.29) is 0 Å². The molecule has 2 aromatic rings. The zero-order chi connectivity index (χ0) is 11.9. The molecule has 2 nitrogen and oxygen atoms in total. The van der Waals surface area contributed by atoms with Gasteiger partial charge in [0.2, 0.25) is 0 Å². The highest BCUT2D eigenvalue weighted by Crippen LogP contribution is 2.39. The van der Waals surface area contributed by atoms with Gasteiger partial charge in [0, 0.05) is 5.39 Å². The van der Waals surface area contributed by atoms with Gasteiger partial charge in [0.15, 0.2) is 0 Å². The van der Waals surface area contributed by atoms with Gasteiger partial charge in [-0.3, -0.25) is 0 Å². The monoisotopic (exact) mass is 230 g/mol. The molecule has 1 saturated carbocycles. The maximum atomic E-state index is 10.6. The molecule has 1 heterocycles. The molecule has 0 spiro atoms. The molecule has 1 aromatic carbocycles. The van der Waals surface area contributed by atoms with E-state index in [2.05, 4.69) is 13.0 Å². The summed E-state index contributed by atoms with van der Waals surface area (Å²) in [4.78, 5) is 0. The second-order valence-electron chi connectivity index (χ2n) is 5.24. The van der Waals surface area contributed by atoms with Crippen molar-refractivity contribution in [2.24, 2.45) is 0 Å². The number of hydrogen-bond acceptors (Lipinski definition) is 2. The van der Waals surface area contributed by atoms with Crippen LogP contribution in [-0.2, 0) is 5.60 Å². The highest BCUT2D eigenvalue weighted by Gasteiger charge is 2.34. The SMILES string of the molecule is Cc1ccc2oc(C3(O)CCCCC3)cc2c1. The van der Waals surface area contributed by atoms with Gasteiger partial charge in [-0.1, -0.05) is 30.9 Å². The van der Waals surface area contributed by atoms with Gasteiger partial charge < -0.3 is 9.52 Å². The quantitative estimate of drug-likeness (QED) is 0.806. The van der Waals surface area contributed by atoms with Crippen LogP contribution in [0.3, 0.4) is 0 Å². The Kier molecular flexibility index (Phi) is 2.48. The zero-order valence-corrected chi connectivity index (χ0v) is 10.2. The van der Waals surface area contributed by atoms with Crippen molar-refractivity contribution in [3.05, 3.63) is 35.6 Å². The lowest BCUT2D eigenvalue weighted by atomic mass is 9.83. The number of aryl methyl sites for hydroxylation is 1. The number of fused-ring (bicyclic) bond motifs is 1. The molecule has 2 heteroatoms. The lowest BCUT2D eigenvalue weighted by molar-refractivity contribution is -0.0186. The molecule has 1 aliphatic carbocycles. The third-order valence-electron chi connectivity index (χ3n) is 3.81. The smallest absolute Gasteiger partial charge is 0.136 e. The van der Waals surface area contributed by atoms with Crippen molar-refractivity contribution in [1.82, 2.24) is 0 Å². The van der Waals surface area contributed by atoms with Crippen LogP contribution in [0.5, 0.6) is 0 Å². The lowest BCUT2D eigenvalue weighted by Gasteiger charge is -2.29. The van der Waals surface area contributed by atoms with Gasteiger partial charge in [-0.2, -0.15) is 0 Å². The van der Waals surface area contributed by atoms with Gasteiger partial charge in [0.1, 0.15) is 16.9 Å². The number of hydrogen-bond donors (Lipinski definition) is 1. The van der Waals surface area contributed by atoms with E-state index in [1.54, 1.807) is 0 Å². The number of rotatable bonds is 1. The van der Waals surface area contributed by atoms with Crippen molar-refractivity contribution in [3.63, 3.8) is 0 Å². The van der Waals surface area contributed by atoms with Crippen LogP contribution in [0.15, 0.2) is 28.7 Å². The largest absolute Gasteiger partial charge is 0.458 e. The highest BCUT2D eigenvalue weighted by molar-refractivity contribution is 5.78. The van der Waals surface area contributed by atoms with Crippen LogP contribution < -0.4 is 0 Å².